The fourth-order valence-corrected chi connectivity index (χ4v) is 3.24. The van der Waals surface area contributed by atoms with Crippen LogP contribution in [-0.2, 0) is 4.74 Å². The van der Waals surface area contributed by atoms with Gasteiger partial charge >= 0.3 is 0 Å². The lowest BCUT2D eigenvalue weighted by atomic mass is 10.1. The third-order valence-corrected chi connectivity index (χ3v) is 4.19. The van der Waals surface area contributed by atoms with Crippen molar-refractivity contribution < 1.29 is 18.3 Å². The number of hydrogen-bond acceptors (Lipinski definition) is 4. The molecule has 1 N–H and O–H groups in total. The van der Waals surface area contributed by atoms with Gasteiger partial charge in [-0.3, -0.25) is 0 Å². The fraction of sp³-hybridized carbons (Fsp3) is 0.571. The van der Waals surface area contributed by atoms with Gasteiger partial charge in [0.1, 0.15) is 11.8 Å². The van der Waals surface area contributed by atoms with Crippen LogP contribution in [0.25, 0.3) is 0 Å². The molecule has 0 aromatic heterocycles. The third-order valence-electron chi connectivity index (χ3n) is 3.91. The molecule has 0 radical (unpaired) electrons. The van der Waals surface area contributed by atoms with Gasteiger partial charge in [0.25, 0.3) is 0 Å². The van der Waals surface area contributed by atoms with E-state index in [4.69, 9.17) is 21.1 Å². The number of ether oxygens (including phenoxy) is 2. The molecule has 7 heteroatoms. The minimum Gasteiger partial charge on any atom is -0.484 e. The van der Waals surface area contributed by atoms with Crippen LogP contribution in [0.5, 0.6) is 5.75 Å². The molecular formula is C14H17ClF2N2O2. The molecule has 0 unspecified atom stereocenters. The van der Waals surface area contributed by atoms with E-state index >= 15 is 0 Å². The first-order chi connectivity index (χ1) is 10.1. The first kappa shape index (κ1) is 14.8. The average molecular weight is 319 g/mol. The Hall–Kier alpha value is -1.11. The molecule has 1 fully saturated rings. The minimum absolute atomic E-state index is 0.0208. The second-order valence-electron chi connectivity index (χ2n) is 5.31. The third kappa shape index (κ3) is 2.67. The van der Waals surface area contributed by atoms with Gasteiger partial charge in [-0.15, -0.1) is 0 Å². The molecule has 21 heavy (non-hydrogen) atoms. The smallest absolute Gasteiger partial charge is 0.186 e. The summed E-state index contributed by atoms with van der Waals surface area (Å²) in [7, 11) is 1.58. The van der Waals surface area contributed by atoms with Crippen LogP contribution in [0.4, 0.5) is 14.5 Å². The molecule has 0 saturated carbocycles. The Bertz CT molecular complexity index is 544. The first-order valence-electron chi connectivity index (χ1n) is 6.92. The molecule has 1 aromatic rings. The Morgan fingerprint density at radius 2 is 2.33 bits per heavy atom. The molecule has 0 bridgehead atoms. The molecule has 2 atom stereocenters. The molecule has 0 amide bonds. The minimum atomic E-state index is -0.954. The maximum atomic E-state index is 14.3. The van der Waals surface area contributed by atoms with Crippen molar-refractivity contribution in [1.82, 2.24) is 5.32 Å². The SMILES string of the molecule is COC[C@H]1C[C@@H]2CNCCN2c2c(F)c(F)cc(Cl)c2O1. The number of nitrogens with one attached hydrogen (secondary N) is 1. The molecule has 3 rings (SSSR count). The fourth-order valence-electron chi connectivity index (χ4n) is 3.01. The Balaban J connectivity index is 2.10. The highest BCUT2D eigenvalue weighted by molar-refractivity contribution is 6.32. The summed E-state index contributed by atoms with van der Waals surface area (Å²) >= 11 is 6.07. The van der Waals surface area contributed by atoms with Crippen molar-refractivity contribution >= 4 is 17.3 Å². The van der Waals surface area contributed by atoms with Gasteiger partial charge in [0, 0.05) is 39.2 Å². The van der Waals surface area contributed by atoms with E-state index in [1.807, 2.05) is 4.90 Å². The highest BCUT2D eigenvalue weighted by Gasteiger charge is 2.36. The largest absolute Gasteiger partial charge is 0.484 e. The van der Waals surface area contributed by atoms with E-state index < -0.39 is 11.6 Å². The van der Waals surface area contributed by atoms with Crippen molar-refractivity contribution in [3.05, 3.63) is 22.7 Å². The van der Waals surface area contributed by atoms with Crippen LogP contribution in [0.1, 0.15) is 6.42 Å². The zero-order chi connectivity index (χ0) is 15.0. The van der Waals surface area contributed by atoms with Crippen LogP contribution in [0, 0.1) is 11.6 Å². The lowest BCUT2D eigenvalue weighted by molar-refractivity contribution is 0.0745. The monoisotopic (exact) mass is 318 g/mol. The molecular weight excluding hydrogens is 302 g/mol. The van der Waals surface area contributed by atoms with E-state index in [0.717, 1.165) is 6.07 Å². The standard InChI is InChI=1S/C14H17ClF2N2O2/c1-20-7-9-4-8-6-18-2-3-19(8)13-12(17)11(16)5-10(15)14(13)21-9/h5,8-9,18H,2-4,6-7H2,1H3/t8-,9-/m1/s1. The summed E-state index contributed by atoms with van der Waals surface area (Å²) < 4.78 is 39.0. The van der Waals surface area contributed by atoms with Gasteiger partial charge in [0.2, 0.25) is 0 Å². The van der Waals surface area contributed by atoms with E-state index in [0.29, 0.717) is 32.7 Å². The summed E-state index contributed by atoms with van der Waals surface area (Å²) in [6.45, 7) is 2.35. The van der Waals surface area contributed by atoms with Crippen LogP contribution in [0.2, 0.25) is 5.02 Å². The van der Waals surface area contributed by atoms with Crippen LogP contribution in [0.3, 0.4) is 0 Å². The zero-order valence-electron chi connectivity index (χ0n) is 11.7. The van der Waals surface area contributed by atoms with Crippen LogP contribution in [0.15, 0.2) is 6.07 Å². The van der Waals surface area contributed by atoms with Crippen LogP contribution >= 0.6 is 11.6 Å². The van der Waals surface area contributed by atoms with E-state index in [-0.39, 0.29) is 28.6 Å². The summed E-state index contributed by atoms with van der Waals surface area (Å²) in [5, 5.41) is 3.35. The predicted octanol–water partition coefficient (Wildman–Crippen LogP) is 2.19. The van der Waals surface area contributed by atoms with E-state index in [2.05, 4.69) is 5.32 Å². The van der Waals surface area contributed by atoms with E-state index in [9.17, 15) is 8.78 Å². The molecule has 2 aliphatic rings. The van der Waals surface area contributed by atoms with Gasteiger partial charge in [-0.2, -0.15) is 0 Å². The number of anilines is 1. The topological polar surface area (TPSA) is 33.7 Å². The highest BCUT2D eigenvalue weighted by Crippen LogP contribution is 2.43. The molecule has 4 nitrogen and oxygen atoms in total. The van der Waals surface area contributed by atoms with Gasteiger partial charge in [-0.05, 0) is 6.07 Å². The average Bonchev–Trinajstić information content (AvgIpc) is 2.62. The maximum absolute atomic E-state index is 14.3. The molecule has 0 aliphatic carbocycles. The zero-order valence-corrected chi connectivity index (χ0v) is 12.4. The van der Waals surface area contributed by atoms with Crippen molar-refractivity contribution in [1.29, 1.82) is 0 Å². The second kappa shape index (κ2) is 5.94. The summed E-state index contributed by atoms with van der Waals surface area (Å²) in [6.07, 6.45) is 0.415. The van der Waals surface area contributed by atoms with Crippen LogP contribution < -0.4 is 15.0 Å². The quantitative estimate of drug-likeness (QED) is 0.848. The van der Waals surface area contributed by atoms with Crippen molar-refractivity contribution in [3.63, 3.8) is 0 Å². The highest BCUT2D eigenvalue weighted by atomic mass is 35.5. The Labute approximate surface area is 127 Å². The number of methoxy groups -OCH3 is 1. The normalized spacial score (nSPS) is 24.9. The molecule has 2 heterocycles. The first-order valence-corrected chi connectivity index (χ1v) is 7.30. The van der Waals surface area contributed by atoms with Gasteiger partial charge in [-0.25, -0.2) is 8.78 Å². The Morgan fingerprint density at radius 3 is 3.10 bits per heavy atom. The van der Waals surface area contributed by atoms with Gasteiger partial charge in [0.05, 0.1) is 11.6 Å². The Kier molecular flexibility index (Phi) is 4.19. The van der Waals surface area contributed by atoms with Crippen molar-refractivity contribution in [2.24, 2.45) is 0 Å². The molecule has 0 spiro atoms. The molecule has 1 aromatic carbocycles. The summed E-state index contributed by atoms with van der Waals surface area (Å²) in [6, 6.07) is 0.981. The Morgan fingerprint density at radius 1 is 1.52 bits per heavy atom. The van der Waals surface area contributed by atoms with Crippen LogP contribution in [-0.4, -0.2) is 45.5 Å². The number of piperazine rings is 1. The lowest BCUT2D eigenvalue weighted by Crippen LogP contribution is -2.52. The number of hydrogen-bond donors (Lipinski definition) is 1. The van der Waals surface area contributed by atoms with Crippen molar-refractivity contribution in [2.45, 2.75) is 18.6 Å². The summed E-state index contributed by atoms with van der Waals surface area (Å²) in [5.74, 6) is -1.65. The lowest BCUT2D eigenvalue weighted by Gasteiger charge is -2.37. The number of rotatable bonds is 2. The number of benzene rings is 1. The van der Waals surface area contributed by atoms with Crippen molar-refractivity contribution in [2.75, 3.05) is 38.3 Å². The molecule has 116 valence electrons. The van der Waals surface area contributed by atoms with Gasteiger partial charge < -0.3 is 19.7 Å². The molecule has 2 aliphatic heterocycles. The summed E-state index contributed by atoms with van der Waals surface area (Å²) in [4.78, 5) is 1.85. The van der Waals surface area contributed by atoms with E-state index in [1.54, 1.807) is 7.11 Å². The summed E-state index contributed by atoms with van der Waals surface area (Å²) in [5.41, 5.74) is 0.130. The second-order valence-corrected chi connectivity index (χ2v) is 5.72. The van der Waals surface area contributed by atoms with Gasteiger partial charge in [0.15, 0.2) is 17.4 Å². The van der Waals surface area contributed by atoms with Gasteiger partial charge in [-0.1, -0.05) is 11.6 Å². The number of nitrogens with zero attached hydrogens (tertiary/aromatic N) is 1. The number of fused-ring (bicyclic) bond motifs is 3. The number of halogens is 3. The van der Waals surface area contributed by atoms with E-state index in [1.165, 1.54) is 0 Å². The van der Waals surface area contributed by atoms with Crippen molar-refractivity contribution in [3.8, 4) is 5.75 Å². The maximum Gasteiger partial charge on any atom is 0.186 e. The predicted molar refractivity (Wildman–Crippen MR) is 76.3 cm³/mol. The molecule has 1 saturated heterocycles.